The number of anilines is 1. The molecule has 0 saturated carbocycles. The van der Waals surface area contributed by atoms with Crippen LogP contribution in [0.1, 0.15) is 26.3 Å². The van der Waals surface area contributed by atoms with E-state index < -0.39 is 0 Å². The molecule has 6 rings (SSSR count). The number of halogens is 1. The van der Waals surface area contributed by atoms with Crippen molar-refractivity contribution in [1.82, 2.24) is 19.4 Å². The van der Waals surface area contributed by atoms with E-state index in [1.165, 1.54) is 18.2 Å². The predicted molar refractivity (Wildman–Crippen MR) is 160 cm³/mol. The molecule has 3 aromatic rings. The third-order valence-corrected chi connectivity index (χ3v) is 10.2. The van der Waals surface area contributed by atoms with Crippen molar-refractivity contribution in [3.8, 4) is 11.1 Å². The highest BCUT2D eigenvalue weighted by atomic mass is 32.2. The summed E-state index contributed by atoms with van der Waals surface area (Å²) in [6, 6.07) is 8.67. The van der Waals surface area contributed by atoms with Crippen LogP contribution < -0.4 is 10.6 Å². The number of aryl methyl sites for hydroxylation is 1. The van der Waals surface area contributed by atoms with Crippen LogP contribution >= 0.6 is 11.8 Å². The molecular weight excluding hydrogens is 525 g/mol. The highest BCUT2D eigenvalue weighted by molar-refractivity contribution is 7.99. The summed E-state index contributed by atoms with van der Waals surface area (Å²) in [6.07, 6.45) is 1.37. The van der Waals surface area contributed by atoms with Gasteiger partial charge in [0.1, 0.15) is 11.6 Å². The van der Waals surface area contributed by atoms with Crippen molar-refractivity contribution in [1.29, 1.82) is 0 Å². The first-order valence-electron chi connectivity index (χ1n) is 14.0. The Hall–Kier alpha value is -3.17. The first kappa shape index (κ1) is 27.0. The molecule has 40 heavy (non-hydrogen) atoms. The van der Waals surface area contributed by atoms with Crippen molar-refractivity contribution in [2.24, 2.45) is 5.41 Å². The van der Waals surface area contributed by atoms with E-state index in [1.807, 2.05) is 47.2 Å². The van der Waals surface area contributed by atoms with Gasteiger partial charge in [-0.25, -0.2) is 9.18 Å². The number of likely N-dealkylation sites (tertiary alicyclic amines) is 1. The molecule has 1 amide bonds. The molecule has 9 heteroatoms. The maximum Gasteiger partial charge on any atom is 0.350 e. The van der Waals surface area contributed by atoms with Crippen LogP contribution in [0, 0.1) is 18.2 Å². The van der Waals surface area contributed by atoms with E-state index in [0.29, 0.717) is 25.5 Å². The van der Waals surface area contributed by atoms with Gasteiger partial charge in [-0.15, -0.1) is 11.8 Å². The highest BCUT2D eigenvalue weighted by Gasteiger charge is 2.45. The highest BCUT2D eigenvalue weighted by Crippen LogP contribution is 2.48. The van der Waals surface area contributed by atoms with Gasteiger partial charge in [-0.05, 0) is 62.7 Å². The topological polar surface area (TPSA) is 61.7 Å². The van der Waals surface area contributed by atoms with Crippen LogP contribution in [0.15, 0.2) is 52.7 Å². The number of piperazine rings is 1. The zero-order chi connectivity index (χ0) is 28.3. The van der Waals surface area contributed by atoms with E-state index in [0.717, 1.165) is 57.9 Å². The Bertz CT molecular complexity index is 1550. The van der Waals surface area contributed by atoms with Gasteiger partial charge in [0.25, 0.3) is 0 Å². The maximum atomic E-state index is 13.9. The largest absolute Gasteiger partial charge is 0.352 e. The summed E-state index contributed by atoms with van der Waals surface area (Å²) in [6.45, 7) is 16.7. The van der Waals surface area contributed by atoms with Crippen LogP contribution in [0.2, 0.25) is 0 Å². The molecule has 1 aromatic heterocycles. The van der Waals surface area contributed by atoms with E-state index in [1.54, 1.807) is 0 Å². The molecule has 2 aromatic carbocycles. The summed E-state index contributed by atoms with van der Waals surface area (Å²) in [4.78, 5) is 38.7. The molecule has 210 valence electrons. The molecule has 2 saturated heterocycles. The molecule has 0 bridgehead atoms. The number of aromatic nitrogens is 2. The van der Waals surface area contributed by atoms with E-state index >= 15 is 0 Å². The Balaban J connectivity index is 1.54. The molecule has 1 spiro atoms. The minimum Gasteiger partial charge on any atom is -0.352 e. The molecule has 3 aliphatic rings. The van der Waals surface area contributed by atoms with Crippen molar-refractivity contribution in [3.63, 3.8) is 0 Å². The van der Waals surface area contributed by atoms with Gasteiger partial charge < -0.3 is 14.7 Å². The number of benzene rings is 2. The van der Waals surface area contributed by atoms with E-state index in [-0.39, 0.29) is 34.9 Å². The van der Waals surface area contributed by atoms with Crippen LogP contribution in [0.4, 0.5) is 10.2 Å². The molecule has 0 aliphatic carbocycles. The fraction of sp³-hybridized carbons (Fsp3) is 0.452. The summed E-state index contributed by atoms with van der Waals surface area (Å²) in [5.41, 5.74) is 3.75. The number of rotatable bonds is 4. The standard InChI is InChI=1S/C31H36FN5O2S/c1-6-25(38)37-20(4)13-35(14-21(37)5)29-24-12-19(3)26(22-8-10-23(32)11-9-22)28-27(24)36(30(39)33-29)17-31(18-40-28)15-34(7-2)16-31/h6,8-12,20-21H,1,7,13-18H2,2-5H3/t20-,21+. The lowest BCUT2D eigenvalue weighted by Gasteiger charge is -2.49. The lowest BCUT2D eigenvalue weighted by Crippen LogP contribution is -2.60. The van der Waals surface area contributed by atoms with Gasteiger partial charge in [-0.3, -0.25) is 9.36 Å². The quantitative estimate of drug-likeness (QED) is 0.436. The van der Waals surface area contributed by atoms with Gasteiger partial charge in [-0.2, -0.15) is 4.98 Å². The van der Waals surface area contributed by atoms with Crippen molar-refractivity contribution < 1.29 is 9.18 Å². The van der Waals surface area contributed by atoms with Gasteiger partial charge in [0.05, 0.1) is 5.52 Å². The molecule has 2 atom stereocenters. The van der Waals surface area contributed by atoms with Crippen LogP contribution in [0.3, 0.4) is 0 Å². The first-order chi connectivity index (χ1) is 19.1. The maximum absolute atomic E-state index is 13.9. The molecule has 0 N–H and O–H groups in total. The van der Waals surface area contributed by atoms with Gasteiger partial charge in [-0.1, -0.05) is 25.6 Å². The molecule has 2 fully saturated rings. The summed E-state index contributed by atoms with van der Waals surface area (Å²) in [7, 11) is 0. The fourth-order valence-electron chi connectivity index (χ4n) is 6.98. The molecule has 7 nitrogen and oxygen atoms in total. The minimum atomic E-state index is -0.269. The van der Waals surface area contributed by atoms with E-state index in [2.05, 4.69) is 36.3 Å². The molecule has 3 aliphatic heterocycles. The Morgan fingerprint density at radius 2 is 1.85 bits per heavy atom. The molecular formula is C31H36FN5O2S. The zero-order valence-corrected chi connectivity index (χ0v) is 24.4. The van der Waals surface area contributed by atoms with Crippen molar-refractivity contribution in [3.05, 3.63) is 64.9 Å². The number of hydrogen-bond donors (Lipinski definition) is 0. The van der Waals surface area contributed by atoms with E-state index in [9.17, 15) is 14.0 Å². The lowest BCUT2D eigenvalue weighted by atomic mass is 9.81. The number of thioether (sulfide) groups is 1. The number of nitrogens with zero attached hydrogens (tertiary/aromatic N) is 5. The second kappa shape index (κ2) is 10.0. The molecule has 0 radical (unpaired) electrons. The average Bonchev–Trinajstić information content (AvgIpc) is 3.08. The van der Waals surface area contributed by atoms with Crippen molar-refractivity contribution in [2.45, 2.75) is 51.2 Å². The van der Waals surface area contributed by atoms with Gasteiger partial charge in [0, 0.05) is 71.8 Å². The first-order valence-corrected chi connectivity index (χ1v) is 15.0. The molecule has 0 unspecified atom stereocenters. The lowest BCUT2D eigenvalue weighted by molar-refractivity contribution is -0.130. The number of carbonyl (C=O) groups is 1. The van der Waals surface area contributed by atoms with Crippen molar-refractivity contribution in [2.75, 3.05) is 43.4 Å². The second-order valence-corrected chi connectivity index (χ2v) is 12.7. The Kier molecular flexibility index (Phi) is 6.78. The summed E-state index contributed by atoms with van der Waals surface area (Å²) in [5.74, 6) is 1.23. The Morgan fingerprint density at radius 1 is 1.18 bits per heavy atom. The monoisotopic (exact) mass is 561 g/mol. The number of carbonyl (C=O) groups excluding carboxylic acids is 1. The summed E-state index contributed by atoms with van der Waals surface area (Å²) >= 11 is 1.82. The van der Waals surface area contributed by atoms with Gasteiger partial charge >= 0.3 is 5.69 Å². The minimum absolute atomic E-state index is 0.00727. The molecule has 4 heterocycles. The van der Waals surface area contributed by atoms with Crippen LogP contribution in [-0.2, 0) is 11.3 Å². The third kappa shape index (κ3) is 4.34. The van der Waals surface area contributed by atoms with Crippen LogP contribution in [0.25, 0.3) is 22.0 Å². The van der Waals surface area contributed by atoms with Crippen LogP contribution in [0.5, 0.6) is 0 Å². The van der Waals surface area contributed by atoms with E-state index in [4.69, 9.17) is 4.98 Å². The second-order valence-electron chi connectivity index (χ2n) is 11.7. The van der Waals surface area contributed by atoms with Crippen LogP contribution in [-0.4, -0.2) is 75.8 Å². The van der Waals surface area contributed by atoms with Gasteiger partial charge in [0.15, 0.2) is 0 Å². The predicted octanol–water partition coefficient (Wildman–Crippen LogP) is 4.55. The third-order valence-electron chi connectivity index (χ3n) is 8.76. The summed E-state index contributed by atoms with van der Waals surface area (Å²) in [5, 5.41) is 0.956. The van der Waals surface area contributed by atoms with Gasteiger partial charge in [0.2, 0.25) is 5.91 Å². The number of amides is 1. The fourth-order valence-corrected chi connectivity index (χ4v) is 8.49. The zero-order valence-electron chi connectivity index (χ0n) is 23.6. The summed E-state index contributed by atoms with van der Waals surface area (Å²) < 4.78 is 15.8. The van der Waals surface area contributed by atoms with Crippen molar-refractivity contribution >= 4 is 34.4 Å². The smallest absolute Gasteiger partial charge is 0.350 e. The SMILES string of the molecule is C=CC(=O)N1[C@H](C)CN(c2nc(=O)n3c4c(c(-c5ccc(F)cc5)c(C)cc24)SCC2(CN(CC)C2)C3)C[C@@H]1C. The number of hydrogen-bond acceptors (Lipinski definition) is 6. The average molecular weight is 562 g/mol. The Morgan fingerprint density at radius 3 is 2.48 bits per heavy atom. The normalized spacial score (nSPS) is 22.3. The Labute approximate surface area is 238 Å².